The number of aromatic nitrogens is 3. The van der Waals surface area contributed by atoms with Gasteiger partial charge in [0.15, 0.2) is 0 Å². The summed E-state index contributed by atoms with van der Waals surface area (Å²) in [4.78, 5) is 0. The van der Waals surface area contributed by atoms with Crippen molar-refractivity contribution in [2.24, 2.45) is 0 Å². The molecule has 0 amide bonds. The highest BCUT2D eigenvalue weighted by atomic mass is 32.3. The van der Waals surface area contributed by atoms with E-state index >= 15 is 0 Å². The van der Waals surface area contributed by atoms with E-state index in [-0.39, 0.29) is 0 Å². The van der Waals surface area contributed by atoms with Crippen LogP contribution in [0.25, 0.3) is 0 Å². The molecule has 0 aliphatic heterocycles. The van der Waals surface area contributed by atoms with Gasteiger partial charge in [-0.25, -0.2) is 0 Å². The number of hydrogen-bond donors (Lipinski definition) is 0. The zero-order chi connectivity index (χ0) is 12.2. The molecule has 0 unspecified atom stereocenters. The van der Waals surface area contributed by atoms with Crippen LogP contribution >= 0.6 is 0 Å². The number of rotatable bonds is 6. The first-order valence-electron chi connectivity index (χ1n) is 5.37. The van der Waals surface area contributed by atoms with E-state index in [4.69, 9.17) is 0 Å². The topological polar surface area (TPSA) is 64.8 Å². The molecule has 16 heavy (non-hydrogen) atoms. The Hall–Kier alpha value is -0.980. The van der Waals surface area contributed by atoms with Crippen LogP contribution in [0, 0.1) is 0 Å². The summed E-state index contributed by atoms with van der Waals surface area (Å²) < 4.78 is 35.7. The van der Waals surface area contributed by atoms with E-state index in [1.807, 2.05) is 0 Å². The van der Waals surface area contributed by atoms with Gasteiger partial charge < -0.3 is 0 Å². The standard InChI is InChI=1S/C9H16FN3O2S/c1-3-5-6-7-8-11-12-9(13(8)4-2)16(10,14)15/h3-7H2,1-2H3. The SMILES string of the molecule is CCCCCc1nnc(S(=O)(=O)F)n1CC. The molecule has 0 radical (unpaired) electrons. The molecule has 0 saturated carbocycles. The second-order valence-electron chi connectivity index (χ2n) is 3.54. The van der Waals surface area contributed by atoms with Gasteiger partial charge in [0.2, 0.25) is 0 Å². The van der Waals surface area contributed by atoms with Crippen molar-refractivity contribution in [1.29, 1.82) is 0 Å². The second-order valence-corrected chi connectivity index (χ2v) is 4.78. The fourth-order valence-corrected chi connectivity index (χ4v) is 2.17. The van der Waals surface area contributed by atoms with Gasteiger partial charge in [0.25, 0.3) is 5.16 Å². The van der Waals surface area contributed by atoms with Crippen LogP contribution in [0.5, 0.6) is 0 Å². The largest absolute Gasteiger partial charge is 0.368 e. The zero-order valence-corrected chi connectivity index (χ0v) is 10.3. The molecule has 0 spiro atoms. The van der Waals surface area contributed by atoms with Crippen LogP contribution in [0.3, 0.4) is 0 Å². The minimum absolute atomic E-state index is 0.354. The van der Waals surface area contributed by atoms with Gasteiger partial charge in [-0.2, -0.15) is 8.42 Å². The Morgan fingerprint density at radius 2 is 1.94 bits per heavy atom. The lowest BCUT2D eigenvalue weighted by Gasteiger charge is -2.04. The molecular weight excluding hydrogens is 233 g/mol. The maximum absolute atomic E-state index is 12.8. The van der Waals surface area contributed by atoms with Crippen molar-refractivity contribution in [2.45, 2.75) is 51.2 Å². The third-order valence-corrected chi connectivity index (χ3v) is 3.07. The first-order valence-corrected chi connectivity index (χ1v) is 6.75. The molecule has 1 rings (SSSR count). The van der Waals surface area contributed by atoms with Crippen molar-refractivity contribution in [1.82, 2.24) is 14.8 Å². The third-order valence-electron chi connectivity index (χ3n) is 2.33. The molecule has 0 bridgehead atoms. The van der Waals surface area contributed by atoms with Crippen LogP contribution in [0.4, 0.5) is 3.89 Å². The fraction of sp³-hybridized carbons (Fsp3) is 0.778. The number of unbranched alkanes of at least 4 members (excludes halogenated alkanes) is 2. The summed E-state index contributed by atoms with van der Waals surface area (Å²) in [5.41, 5.74) is 0. The number of halogens is 1. The predicted octanol–water partition coefficient (Wildman–Crippen LogP) is 1.69. The molecule has 0 aromatic carbocycles. The van der Waals surface area contributed by atoms with E-state index in [2.05, 4.69) is 17.1 Å². The van der Waals surface area contributed by atoms with Gasteiger partial charge >= 0.3 is 10.2 Å². The molecule has 0 N–H and O–H groups in total. The molecule has 92 valence electrons. The van der Waals surface area contributed by atoms with Gasteiger partial charge in [-0.3, -0.25) is 4.57 Å². The van der Waals surface area contributed by atoms with E-state index in [1.165, 1.54) is 4.57 Å². The Morgan fingerprint density at radius 3 is 2.44 bits per heavy atom. The average Bonchev–Trinajstić information content (AvgIpc) is 2.60. The third kappa shape index (κ3) is 3.01. The van der Waals surface area contributed by atoms with Crippen LogP contribution < -0.4 is 0 Å². The summed E-state index contributed by atoms with van der Waals surface area (Å²) in [7, 11) is -4.77. The van der Waals surface area contributed by atoms with Crippen molar-refractivity contribution in [3.8, 4) is 0 Å². The molecule has 0 fully saturated rings. The average molecular weight is 249 g/mol. The second kappa shape index (κ2) is 5.38. The Labute approximate surface area is 94.9 Å². The molecular formula is C9H16FN3O2S. The monoisotopic (exact) mass is 249 g/mol. The van der Waals surface area contributed by atoms with Gasteiger partial charge in [-0.05, 0) is 13.3 Å². The summed E-state index contributed by atoms with van der Waals surface area (Å²) >= 11 is 0. The van der Waals surface area contributed by atoms with E-state index < -0.39 is 15.4 Å². The van der Waals surface area contributed by atoms with Gasteiger partial charge in [0.1, 0.15) is 5.82 Å². The summed E-state index contributed by atoms with van der Waals surface area (Å²) in [6, 6.07) is 0. The van der Waals surface area contributed by atoms with E-state index in [0.717, 1.165) is 19.3 Å². The van der Waals surface area contributed by atoms with Crippen LogP contribution in [0.1, 0.15) is 38.9 Å². The molecule has 1 aromatic rings. The van der Waals surface area contributed by atoms with Crippen LogP contribution in [0.2, 0.25) is 0 Å². The Balaban J connectivity index is 2.91. The lowest BCUT2D eigenvalue weighted by Crippen LogP contribution is -2.08. The van der Waals surface area contributed by atoms with Gasteiger partial charge in [-0.1, -0.05) is 23.7 Å². The summed E-state index contributed by atoms with van der Waals surface area (Å²) in [5, 5.41) is 6.52. The fourth-order valence-electron chi connectivity index (χ4n) is 1.54. The van der Waals surface area contributed by atoms with E-state index in [1.54, 1.807) is 6.92 Å². The highest BCUT2D eigenvalue weighted by Crippen LogP contribution is 2.13. The number of hydrogen-bond acceptors (Lipinski definition) is 4. The first kappa shape index (κ1) is 13.1. The van der Waals surface area contributed by atoms with Crippen LogP contribution in [-0.2, 0) is 23.2 Å². The number of aryl methyl sites for hydroxylation is 1. The van der Waals surface area contributed by atoms with E-state index in [0.29, 0.717) is 18.8 Å². The molecule has 0 atom stereocenters. The molecule has 0 aliphatic rings. The first-order chi connectivity index (χ1) is 7.50. The molecule has 7 heteroatoms. The van der Waals surface area contributed by atoms with Crippen molar-refractivity contribution in [3.05, 3.63) is 5.82 Å². The minimum Gasteiger partial charge on any atom is -0.300 e. The van der Waals surface area contributed by atoms with E-state index in [9.17, 15) is 12.3 Å². The van der Waals surface area contributed by atoms with Gasteiger partial charge in [-0.15, -0.1) is 10.2 Å². The number of nitrogens with zero attached hydrogens (tertiary/aromatic N) is 3. The van der Waals surface area contributed by atoms with Gasteiger partial charge in [0, 0.05) is 13.0 Å². The Bertz CT molecular complexity index is 442. The maximum atomic E-state index is 12.8. The normalized spacial score (nSPS) is 11.9. The lowest BCUT2D eigenvalue weighted by atomic mass is 10.2. The summed E-state index contributed by atoms with van der Waals surface area (Å²) in [6.07, 6.45) is 3.63. The molecule has 5 nitrogen and oxygen atoms in total. The lowest BCUT2D eigenvalue weighted by molar-refractivity contribution is 0.521. The van der Waals surface area contributed by atoms with Gasteiger partial charge in [0.05, 0.1) is 0 Å². The molecule has 1 aromatic heterocycles. The Morgan fingerprint density at radius 1 is 1.25 bits per heavy atom. The summed E-state index contributed by atoms with van der Waals surface area (Å²) in [5.74, 6) is 0.534. The molecule has 1 heterocycles. The minimum atomic E-state index is -4.77. The Kier molecular flexibility index (Phi) is 4.40. The highest BCUT2D eigenvalue weighted by Gasteiger charge is 2.22. The van der Waals surface area contributed by atoms with Crippen LogP contribution in [0.15, 0.2) is 5.16 Å². The molecule has 0 saturated heterocycles. The van der Waals surface area contributed by atoms with Crippen LogP contribution in [-0.4, -0.2) is 23.2 Å². The predicted molar refractivity (Wildman–Crippen MR) is 57.2 cm³/mol. The molecule has 0 aliphatic carbocycles. The quantitative estimate of drug-likeness (QED) is 0.568. The van der Waals surface area contributed by atoms with Crippen molar-refractivity contribution in [3.63, 3.8) is 0 Å². The maximum Gasteiger partial charge on any atom is 0.368 e. The smallest absolute Gasteiger partial charge is 0.300 e. The van der Waals surface area contributed by atoms with Crippen molar-refractivity contribution < 1.29 is 12.3 Å². The zero-order valence-electron chi connectivity index (χ0n) is 9.48. The van der Waals surface area contributed by atoms with Crippen molar-refractivity contribution in [2.75, 3.05) is 0 Å². The van der Waals surface area contributed by atoms with Crippen molar-refractivity contribution >= 4 is 10.2 Å². The summed E-state index contributed by atoms with van der Waals surface area (Å²) in [6.45, 7) is 4.16. The highest BCUT2D eigenvalue weighted by molar-refractivity contribution is 7.86.